The van der Waals surface area contributed by atoms with Gasteiger partial charge in [-0.15, -0.1) is 0 Å². The van der Waals surface area contributed by atoms with E-state index in [1.54, 1.807) is 0 Å². The first-order chi connectivity index (χ1) is 8.99. The smallest absolute Gasteiger partial charge is 0.230 e. The Bertz CT molecular complexity index is 467. The highest BCUT2D eigenvalue weighted by Crippen LogP contribution is 2.26. The van der Waals surface area contributed by atoms with Gasteiger partial charge in [-0.1, -0.05) is 11.8 Å². The lowest BCUT2D eigenvalue weighted by Gasteiger charge is -2.15. The molecule has 19 heavy (non-hydrogen) atoms. The van der Waals surface area contributed by atoms with Crippen LogP contribution in [0.25, 0.3) is 0 Å². The van der Waals surface area contributed by atoms with Gasteiger partial charge in [0.2, 0.25) is 5.91 Å². The normalized spacial score (nSPS) is 20.7. The zero-order valence-electron chi connectivity index (χ0n) is 11.7. The number of primary amides is 1. The molecule has 2 rings (SSSR count). The number of thioether (sulfide) groups is 1. The monoisotopic (exact) mass is 283 g/mol. The van der Waals surface area contributed by atoms with Gasteiger partial charge >= 0.3 is 0 Å². The van der Waals surface area contributed by atoms with E-state index >= 15 is 0 Å². The maximum Gasteiger partial charge on any atom is 0.230 e. The fourth-order valence-electron chi connectivity index (χ4n) is 2.14. The van der Waals surface area contributed by atoms with E-state index < -0.39 is 0 Å². The summed E-state index contributed by atoms with van der Waals surface area (Å²) in [6, 6.07) is 0. The van der Waals surface area contributed by atoms with Crippen molar-refractivity contribution in [1.82, 2.24) is 9.55 Å². The van der Waals surface area contributed by atoms with E-state index in [1.165, 1.54) is 11.8 Å². The predicted molar refractivity (Wildman–Crippen MR) is 75.2 cm³/mol. The first-order valence-corrected chi connectivity index (χ1v) is 7.48. The molecule has 6 heteroatoms. The lowest BCUT2D eigenvalue weighted by molar-refractivity contribution is -0.117. The molecule has 0 spiro atoms. The third-order valence-electron chi connectivity index (χ3n) is 3.52. The number of carbonyl (C=O) groups excluding carboxylic acids is 1. The Morgan fingerprint density at radius 3 is 2.95 bits per heavy atom. The molecule has 0 saturated carbocycles. The topological polar surface area (TPSA) is 70.1 Å². The molecule has 0 unspecified atom stereocenters. The summed E-state index contributed by atoms with van der Waals surface area (Å²) in [5, 5.41) is 0.584. The Kier molecular flexibility index (Phi) is 4.52. The van der Waals surface area contributed by atoms with Crippen molar-refractivity contribution in [2.75, 3.05) is 6.61 Å². The third-order valence-corrected chi connectivity index (χ3v) is 4.62. The van der Waals surface area contributed by atoms with Gasteiger partial charge in [0, 0.05) is 12.3 Å². The van der Waals surface area contributed by atoms with Crippen LogP contribution in [0.15, 0.2) is 5.16 Å². The zero-order chi connectivity index (χ0) is 14.0. The molecule has 2 heterocycles. The second-order valence-corrected chi connectivity index (χ2v) is 6.28. The molecular weight excluding hydrogens is 262 g/mol. The molecule has 2 atom stereocenters. The molecule has 5 nitrogen and oxygen atoms in total. The summed E-state index contributed by atoms with van der Waals surface area (Å²) in [6.45, 7) is 7.50. The standard InChI is InChI=1S/C13H21N3O2S/c1-8-9(2)16(7-11-5-4-6-18-11)13(15-8)19-10(3)12(14)17/h10-11H,4-7H2,1-3H3,(H2,14,17)/t10-,11+/m0/s1. The van der Waals surface area contributed by atoms with Gasteiger partial charge in [0.1, 0.15) is 0 Å². The highest BCUT2D eigenvalue weighted by Gasteiger charge is 2.22. The number of hydrogen-bond donors (Lipinski definition) is 1. The van der Waals surface area contributed by atoms with Crippen LogP contribution in [-0.4, -0.2) is 33.4 Å². The highest BCUT2D eigenvalue weighted by atomic mass is 32.2. The number of rotatable bonds is 5. The summed E-state index contributed by atoms with van der Waals surface area (Å²) >= 11 is 1.42. The van der Waals surface area contributed by atoms with Gasteiger partial charge in [-0.3, -0.25) is 4.79 Å². The summed E-state index contributed by atoms with van der Waals surface area (Å²) in [7, 11) is 0. The number of hydrogen-bond acceptors (Lipinski definition) is 4. The maximum atomic E-state index is 11.2. The fraction of sp³-hybridized carbons (Fsp3) is 0.692. The second-order valence-electron chi connectivity index (χ2n) is 4.97. The molecule has 1 aromatic rings. The Hall–Kier alpha value is -1.01. The van der Waals surface area contributed by atoms with Crippen molar-refractivity contribution in [3.63, 3.8) is 0 Å². The number of aryl methyl sites for hydroxylation is 1. The van der Waals surface area contributed by atoms with E-state index in [-0.39, 0.29) is 17.3 Å². The third kappa shape index (κ3) is 3.30. The van der Waals surface area contributed by atoms with Crippen molar-refractivity contribution >= 4 is 17.7 Å². The van der Waals surface area contributed by atoms with Crippen molar-refractivity contribution in [3.05, 3.63) is 11.4 Å². The Balaban J connectivity index is 2.17. The largest absolute Gasteiger partial charge is 0.376 e. The summed E-state index contributed by atoms with van der Waals surface area (Å²) in [5.74, 6) is -0.313. The van der Waals surface area contributed by atoms with Crippen LogP contribution < -0.4 is 5.73 Å². The van der Waals surface area contributed by atoms with E-state index in [4.69, 9.17) is 10.5 Å². The van der Waals surface area contributed by atoms with Gasteiger partial charge in [0.15, 0.2) is 5.16 Å². The SMILES string of the molecule is Cc1nc(S[C@@H](C)C(N)=O)n(C[C@H]2CCCO2)c1C. The van der Waals surface area contributed by atoms with Gasteiger partial charge in [-0.2, -0.15) is 0 Å². The van der Waals surface area contributed by atoms with Crippen molar-refractivity contribution in [1.29, 1.82) is 0 Å². The van der Waals surface area contributed by atoms with Gasteiger partial charge in [-0.05, 0) is 33.6 Å². The van der Waals surface area contributed by atoms with Gasteiger partial charge in [0.25, 0.3) is 0 Å². The van der Waals surface area contributed by atoms with Crippen LogP contribution in [0.1, 0.15) is 31.2 Å². The van der Waals surface area contributed by atoms with Crippen LogP contribution in [-0.2, 0) is 16.1 Å². The van der Waals surface area contributed by atoms with Crippen LogP contribution >= 0.6 is 11.8 Å². The number of ether oxygens (including phenoxy) is 1. The predicted octanol–water partition coefficient (Wildman–Crippen LogP) is 1.64. The van der Waals surface area contributed by atoms with Gasteiger partial charge in [-0.25, -0.2) is 4.98 Å². The van der Waals surface area contributed by atoms with E-state index in [0.717, 1.165) is 42.5 Å². The molecule has 0 aromatic carbocycles. The summed E-state index contributed by atoms with van der Waals surface area (Å²) < 4.78 is 7.83. The van der Waals surface area contributed by atoms with E-state index in [2.05, 4.69) is 16.5 Å². The zero-order valence-corrected chi connectivity index (χ0v) is 12.5. The van der Waals surface area contributed by atoms with Crippen LogP contribution in [0, 0.1) is 13.8 Å². The first kappa shape index (κ1) is 14.4. The molecule has 0 bridgehead atoms. The van der Waals surface area contributed by atoms with Crippen molar-refractivity contribution in [2.45, 2.75) is 56.7 Å². The molecule has 1 amide bonds. The molecule has 0 aliphatic carbocycles. The first-order valence-electron chi connectivity index (χ1n) is 6.60. The number of aromatic nitrogens is 2. The van der Waals surface area contributed by atoms with Crippen LogP contribution in [0.3, 0.4) is 0 Å². The second kappa shape index (κ2) is 5.96. The minimum Gasteiger partial charge on any atom is -0.376 e. The summed E-state index contributed by atoms with van der Waals surface area (Å²) in [6.07, 6.45) is 2.47. The van der Waals surface area contributed by atoms with Crippen molar-refractivity contribution in [2.24, 2.45) is 5.73 Å². The molecule has 1 aliphatic rings. The van der Waals surface area contributed by atoms with Gasteiger partial charge < -0.3 is 15.0 Å². The van der Waals surface area contributed by atoms with Crippen molar-refractivity contribution in [3.8, 4) is 0 Å². The molecule has 106 valence electrons. The molecule has 2 N–H and O–H groups in total. The number of carbonyl (C=O) groups is 1. The van der Waals surface area contributed by atoms with Gasteiger partial charge in [0.05, 0.1) is 23.6 Å². The van der Waals surface area contributed by atoms with Crippen LogP contribution in [0.2, 0.25) is 0 Å². The Morgan fingerprint density at radius 2 is 2.37 bits per heavy atom. The van der Waals surface area contributed by atoms with Crippen molar-refractivity contribution < 1.29 is 9.53 Å². The lowest BCUT2D eigenvalue weighted by atomic mass is 10.2. The Labute approximate surface area is 117 Å². The average Bonchev–Trinajstić information content (AvgIpc) is 2.94. The molecule has 1 fully saturated rings. The minimum atomic E-state index is -0.313. The van der Waals surface area contributed by atoms with Crippen LogP contribution in [0.4, 0.5) is 0 Å². The number of amides is 1. The molecular formula is C13H21N3O2S. The maximum absolute atomic E-state index is 11.2. The summed E-state index contributed by atoms with van der Waals surface area (Å²) in [5.41, 5.74) is 7.45. The van der Waals surface area contributed by atoms with Crippen LogP contribution in [0.5, 0.6) is 0 Å². The quantitative estimate of drug-likeness (QED) is 0.834. The summed E-state index contributed by atoms with van der Waals surface area (Å²) in [4.78, 5) is 15.7. The molecule has 0 radical (unpaired) electrons. The number of nitrogens with zero attached hydrogens (tertiary/aromatic N) is 2. The van der Waals surface area contributed by atoms with E-state index in [0.29, 0.717) is 0 Å². The molecule has 1 saturated heterocycles. The minimum absolute atomic E-state index is 0.260. The van der Waals surface area contributed by atoms with E-state index in [9.17, 15) is 4.79 Å². The molecule has 1 aliphatic heterocycles. The number of imidazole rings is 1. The number of nitrogens with two attached hydrogens (primary N) is 1. The highest BCUT2D eigenvalue weighted by molar-refractivity contribution is 8.00. The Morgan fingerprint density at radius 1 is 1.63 bits per heavy atom. The van der Waals surface area contributed by atoms with E-state index in [1.807, 2.05) is 13.8 Å². The molecule has 1 aromatic heterocycles. The average molecular weight is 283 g/mol. The lowest BCUT2D eigenvalue weighted by Crippen LogP contribution is -2.24. The fourth-order valence-corrected chi connectivity index (χ4v) is 3.10.